The number of allylic oxidation sites excluding steroid dienone is 3. The van der Waals surface area contributed by atoms with Crippen LogP contribution in [0, 0.1) is 0 Å². The summed E-state index contributed by atoms with van der Waals surface area (Å²) in [5, 5.41) is 13.9. The normalized spacial score (nSPS) is 14.2. The quantitative estimate of drug-likeness (QED) is 0.0243. The molecule has 0 heterocycles. The Balaban J connectivity index is 4.24. The predicted octanol–water partition coefficient (Wildman–Crippen LogP) is 16.4. The molecule has 3 atom stereocenters. The smallest absolute Gasteiger partial charge is 0.387 e. The highest BCUT2D eigenvalue weighted by Crippen LogP contribution is 2.43. The van der Waals surface area contributed by atoms with Crippen molar-refractivity contribution in [3.05, 3.63) is 24.3 Å². The molecule has 0 fully saturated rings. The van der Waals surface area contributed by atoms with Gasteiger partial charge in [0.25, 0.3) is 0 Å². The number of likely N-dealkylation sites (N-methyl/N-ethyl adjacent to an activating group) is 1. The highest BCUT2D eigenvalue weighted by atomic mass is 31.2. The van der Waals surface area contributed by atoms with Crippen molar-refractivity contribution in [1.29, 1.82) is 0 Å². The lowest BCUT2D eigenvalue weighted by molar-refractivity contribution is -0.870. The number of carbonyl (C=O) groups is 1. The molecule has 0 radical (unpaired) electrons. The number of quaternary nitrogens is 1. The molecule has 3 unspecified atom stereocenters. The highest BCUT2D eigenvalue weighted by Gasteiger charge is 2.27. The summed E-state index contributed by atoms with van der Waals surface area (Å²) >= 11 is 0. The summed E-state index contributed by atoms with van der Waals surface area (Å²) in [6.07, 6.45) is 58.4. The van der Waals surface area contributed by atoms with Crippen LogP contribution < -0.4 is 5.32 Å². The summed E-state index contributed by atoms with van der Waals surface area (Å²) < 4.78 is 23.7. The number of aliphatic hydroxyl groups is 1. The molecule has 0 aromatic heterocycles. The van der Waals surface area contributed by atoms with E-state index in [0.29, 0.717) is 17.4 Å². The van der Waals surface area contributed by atoms with E-state index in [1.165, 1.54) is 212 Å². The number of nitrogens with one attached hydrogen (secondary N) is 1. The molecule has 0 spiro atoms. The lowest BCUT2D eigenvalue weighted by Gasteiger charge is -2.25. The van der Waals surface area contributed by atoms with Crippen molar-refractivity contribution in [2.45, 2.75) is 283 Å². The fraction of sp³-hybridized carbons (Fsp3) is 0.909. The third-order valence-corrected chi connectivity index (χ3v) is 13.6. The van der Waals surface area contributed by atoms with Gasteiger partial charge in [0.15, 0.2) is 0 Å². The van der Waals surface area contributed by atoms with Gasteiger partial charge in [-0.3, -0.25) is 13.8 Å². The monoisotopic (exact) mass is 926 g/mol. The van der Waals surface area contributed by atoms with Gasteiger partial charge in [-0.15, -0.1) is 0 Å². The predicted molar refractivity (Wildman–Crippen MR) is 277 cm³/mol. The Labute approximate surface area is 398 Å². The number of aliphatic hydroxyl groups excluding tert-OH is 1. The number of carbonyl (C=O) groups excluding carboxylic acids is 1. The highest BCUT2D eigenvalue weighted by molar-refractivity contribution is 7.47. The van der Waals surface area contributed by atoms with Gasteiger partial charge in [-0.2, -0.15) is 0 Å². The second kappa shape index (κ2) is 47.1. The van der Waals surface area contributed by atoms with E-state index >= 15 is 0 Å². The number of hydrogen-bond acceptors (Lipinski definition) is 5. The first-order valence-electron chi connectivity index (χ1n) is 27.7. The van der Waals surface area contributed by atoms with Crippen LogP contribution in [0.25, 0.3) is 0 Å². The van der Waals surface area contributed by atoms with Crippen LogP contribution >= 0.6 is 7.82 Å². The molecular weight excluding hydrogens is 816 g/mol. The fourth-order valence-corrected chi connectivity index (χ4v) is 9.01. The van der Waals surface area contributed by atoms with Crippen LogP contribution in [0.15, 0.2) is 24.3 Å². The Morgan fingerprint density at radius 3 is 1.20 bits per heavy atom. The number of hydrogen-bond donors (Lipinski definition) is 3. The van der Waals surface area contributed by atoms with Crippen molar-refractivity contribution in [2.24, 2.45) is 0 Å². The van der Waals surface area contributed by atoms with Crippen molar-refractivity contribution < 1.29 is 32.9 Å². The number of phosphoric ester groups is 1. The Bertz CT molecular complexity index is 1090. The van der Waals surface area contributed by atoms with Crippen LogP contribution in [-0.4, -0.2) is 73.4 Å². The second-order valence-corrected chi connectivity index (χ2v) is 21.8. The summed E-state index contributed by atoms with van der Waals surface area (Å²) in [7, 11) is 1.58. The average Bonchev–Trinajstić information content (AvgIpc) is 3.25. The van der Waals surface area contributed by atoms with Crippen LogP contribution in [0.1, 0.15) is 271 Å². The van der Waals surface area contributed by atoms with Crippen LogP contribution in [0.4, 0.5) is 0 Å². The zero-order valence-electron chi connectivity index (χ0n) is 43.3. The molecule has 0 aromatic rings. The van der Waals surface area contributed by atoms with Gasteiger partial charge >= 0.3 is 7.82 Å². The van der Waals surface area contributed by atoms with Crippen molar-refractivity contribution in [3.63, 3.8) is 0 Å². The molecule has 380 valence electrons. The molecule has 0 aliphatic rings. The summed E-state index contributed by atoms with van der Waals surface area (Å²) in [4.78, 5) is 23.3. The number of nitrogens with zero attached hydrogens (tertiary/aromatic N) is 1. The molecule has 3 N–H and O–H groups in total. The molecule has 0 aliphatic carbocycles. The van der Waals surface area contributed by atoms with Crippen LogP contribution in [0.3, 0.4) is 0 Å². The molecular formula is C55H110N2O6P+. The van der Waals surface area contributed by atoms with Crippen molar-refractivity contribution in [2.75, 3.05) is 40.9 Å². The van der Waals surface area contributed by atoms with E-state index in [0.717, 1.165) is 38.5 Å². The van der Waals surface area contributed by atoms with Gasteiger partial charge in [-0.05, 0) is 44.9 Å². The third kappa shape index (κ3) is 48.9. The van der Waals surface area contributed by atoms with E-state index < -0.39 is 20.0 Å². The standard InChI is InChI=1S/C55H109N2O6P/c1-6-8-10-12-14-16-18-20-22-24-26-27-28-29-31-32-34-36-38-40-42-44-46-48-54(58)53(52-63-64(60,61)62-51-50-57(3,4)5)56-55(59)49-47-45-43-41-39-37-35-33-30-25-23-21-19-17-15-13-11-9-7-2/h21,23,46,48,53-54,58H,6-20,22,24-45,47,49-52H2,1-5H3,(H-,56,59,60,61)/p+1/b23-21-,48-46+. The molecule has 1 amide bonds. The van der Waals surface area contributed by atoms with E-state index in [2.05, 4.69) is 31.3 Å². The maximum atomic E-state index is 13.0. The summed E-state index contributed by atoms with van der Waals surface area (Å²) in [6.45, 7) is 4.85. The lowest BCUT2D eigenvalue weighted by Crippen LogP contribution is -2.45. The van der Waals surface area contributed by atoms with E-state index in [1.54, 1.807) is 6.08 Å². The largest absolute Gasteiger partial charge is 0.472 e. The van der Waals surface area contributed by atoms with Crippen LogP contribution in [0.2, 0.25) is 0 Å². The van der Waals surface area contributed by atoms with Crippen molar-refractivity contribution in [3.8, 4) is 0 Å². The molecule has 0 rings (SSSR count). The Morgan fingerprint density at radius 2 is 0.844 bits per heavy atom. The third-order valence-electron chi connectivity index (χ3n) is 12.7. The van der Waals surface area contributed by atoms with Crippen molar-refractivity contribution in [1.82, 2.24) is 5.32 Å². The van der Waals surface area contributed by atoms with Crippen LogP contribution in [-0.2, 0) is 18.4 Å². The lowest BCUT2D eigenvalue weighted by atomic mass is 10.0. The summed E-state index contributed by atoms with van der Waals surface area (Å²) in [6, 6.07) is -0.846. The maximum Gasteiger partial charge on any atom is 0.472 e. The molecule has 0 aromatic carbocycles. The molecule has 64 heavy (non-hydrogen) atoms. The second-order valence-electron chi connectivity index (χ2n) is 20.3. The Kier molecular flexibility index (Phi) is 46.3. The van der Waals surface area contributed by atoms with Gasteiger partial charge in [0.05, 0.1) is 39.9 Å². The zero-order chi connectivity index (χ0) is 47.1. The first-order chi connectivity index (χ1) is 31.0. The summed E-state index contributed by atoms with van der Waals surface area (Å²) in [5.74, 6) is -0.176. The zero-order valence-corrected chi connectivity index (χ0v) is 44.2. The first kappa shape index (κ1) is 63.0. The Morgan fingerprint density at radius 1 is 0.516 bits per heavy atom. The number of phosphoric acid groups is 1. The van der Waals surface area contributed by atoms with Gasteiger partial charge in [-0.25, -0.2) is 4.57 Å². The van der Waals surface area contributed by atoms with E-state index in [-0.39, 0.29) is 19.1 Å². The van der Waals surface area contributed by atoms with Gasteiger partial charge in [0.2, 0.25) is 5.91 Å². The molecule has 8 nitrogen and oxygen atoms in total. The average molecular weight is 926 g/mol. The Hall–Kier alpha value is -1.02. The number of unbranched alkanes of at least 4 members (excludes halogenated alkanes) is 36. The first-order valence-corrected chi connectivity index (χ1v) is 29.2. The molecule has 0 saturated carbocycles. The van der Waals surface area contributed by atoms with E-state index in [9.17, 15) is 19.4 Å². The minimum absolute atomic E-state index is 0.0628. The van der Waals surface area contributed by atoms with Gasteiger partial charge in [0.1, 0.15) is 13.2 Å². The number of amides is 1. The van der Waals surface area contributed by atoms with Gasteiger partial charge in [-0.1, -0.05) is 244 Å². The number of rotatable bonds is 51. The minimum Gasteiger partial charge on any atom is -0.387 e. The van der Waals surface area contributed by atoms with Gasteiger partial charge < -0.3 is 19.8 Å². The van der Waals surface area contributed by atoms with E-state index in [1.807, 2.05) is 27.2 Å². The summed E-state index contributed by atoms with van der Waals surface area (Å²) in [5.41, 5.74) is 0. The maximum absolute atomic E-state index is 13.0. The van der Waals surface area contributed by atoms with Crippen LogP contribution in [0.5, 0.6) is 0 Å². The molecule has 9 heteroatoms. The SMILES string of the molecule is CCCCCCCC/C=C\CCCCCCCCCCCC(=O)NC(COP(=O)(O)OCC[N+](C)(C)C)C(O)/C=C/CCCCCCCCCCCCCCCCCCCCCCC. The fourth-order valence-electron chi connectivity index (χ4n) is 8.27. The minimum atomic E-state index is -4.34. The molecule has 0 aliphatic heterocycles. The van der Waals surface area contributed by atoms with Crippen molar-refractivity contribution >= 4 is 13.7 Å². The van der Waals surface area contributed by atoms with E-state index in [4.69, 9.17) is 9.05 Å². The van der Waals surface area contributed by atoms with Gasteiger partial charge in [0, 0.05) is 6.42 Å². The molecule has 0 saturated heterocycles. The topological polar surface area (TPSA) is 105 Å². The molecule has 0 bridgehead atoms.